The van der Waals surface area contributed by atoms with Crippen molar-refractivity contribution in [1.82, 2.24) is 19.8 Å². The second-order valence-electron chi connectivity index (χ2n) is 3.09. The Morgan fingerprint density at radius 1 is 1.38 bits per heavy atom. The van der Waals surface area contributed by atoms with Crippen molar-refractivity contribution in [2.45, 2.75) is 4.90 Å². The van der Waals surface area contributed by atoms with Crippen LogP contribution in [0.3, 0.4) is 0 Å². The van der Waals surface area contributed by atoms with Crippen molar-refractivity contribution < 1.29 is 0 Å². The Morgan fingerprint density at radius 2 is 2.12 bits per heavy atom. The van der Waals surface area contributed by atoms with Gasteiger partial charge in [-0.25, -0.2) is 4.79 Å². The summed E-state index contributed by atoms with van der Waals surface area (Å²) in [5, 5.41) is 7.52. The molecule has 0 unspecified atom stereocenters. The van der Waals surface area contributed by atoms with Gasteiger partial charge in [0.15, 0.2) is 0 Å². The topological polar surface area (TPSA) is 52.7 Å². The van der Waals surface area contributed by atoms with Gasteiger partial charge in [0, 0.05) is 11.9 Å². The van der Waals surface area contributed by atoms with Gasteiger partial charge in [-0.3, -0.25) is 0 Å². The van der Waals surface area contributed by atoms with Crippen molar-refractivity contribution in [3.8, 4) is 5.69 Å². The van der Waals surface area contributed by atoms with E-state index in [9.17, 15) is 4.79 Å². The first-order valence-corrected chi connectivity index (χ1v) is 6.77. The summed E-state index contributed by atoms with van der Waals surface area (Å²) in [6.45, 7) is 0. The summed E-state index contributed by atoms with van der Waals surface area (Å²) in [7, 11) is 1.58. The van der Waals surface area contributed by atoms with Gasteiger partial charge in [0.1, 0.15) is 0 Å². The fourth-order valence-corrected chi connectivity index (χ4v) is 3.03. The van der Waals surface area contributed by atoms with Crippen LogP contribution in [0.25, 0.3) is 5.69 Å². The Bertz CT molecular complexity index is 577. The summed E-state index contributed by atoms with van der Waals surface area (Å²) in [5.41, 5.74) is 0.529. The summed E-state index contributed by atoms with van der Waals surface area (Å²) in [6.07, 6.45) is 2.00. The quantitative estimate of drug-likeness (QED) is 0.606. The van der Waals surface area contributed by atoms with Crippen LogP contribution in [0.15, 0.2) is 27.9 Å². The Balaban J connectivity index is 2.65. The number of hydrogen-bond donors (Lipinski definition) is 0. The van der Waals surface area contributed by atoms with Gasteiger partial charge in [-0.1, -0.05) is 6.07 Å². The standard InChI is InChI=1S/C9H9IN4OS/c1-13-9(15)14(12-11-13)6-4-3-5-7(16-2)8(6)10/h3-5H,1-2H3. The van der Waals surface area contributed by atoms with Gasteiger partial charge >= 0.3 is 5.69 Å². The average Bonchev–Trinajstić information content (AvgIpc) is 2.61. The SMILES string of the molecule is CSc1cccc(-n2nnn(C)c2=O)c1I. The number of hydrogen-bond acceptors (Lipinski definition) is 4. The van der Waals surface area contributed by atoms with Crippen LogP contribution in [0.4, 0.5) is 0 Å². The lowest BCUT2D eigenvalue weighted by Gasteiger charge is -2.05. The first-order valence-electron chi connectivity index (χ1n) is 4.47. The minimum atomic E-state index is -0.240. The normalized spacial score (nSPS) is 10.7. The molecule has 7 heteroatoms. The number of thioether (sulfide) groups is 1. The predicted molar refractivity (Wildman–Crippen MR) is 71.1 cm³/mol. The Kier molecular flexibility index (Phi) is 3.33. The van der Waals surface area contributed by atoms with Crippen LogP contribution in [-0.4, -0.2) is 26.0 Å². The second-order valence-corrected chi connectivity index (χ2v) is 5.02. The van der Waals surface area contributed by atoms with Crippen LogP contribution in [0.5, 0.6) is 0 Å². The van der Waals surface area contributed by atoms with E-state index < -0.39 is 0 Å². The molecule has 2 rings (SSSR count). The van der Waals surface area contributed by atoms with E-state index in [0.717, 1.165) is 14.2 Å². The Labute approximate surface area is 110 Å². The van der Waals surface area contributed by atoms with Crippen molar-refractivity contribution in [2.24, 2.45) is 7.05 Å². The zero-order valence-electron chi connectivity index (χ0n) is 8.72. The molecular formula is C9H9IN4OS. The fraction of sp³-hybridized carbons (Fsp3) is 0.222. The van der Waals surface area contributed by atoms with E-state index in [-0.39, 0.29) is 5.69 Å². The van der Waals surface area contributed by atoms with Crippen LogP contribution in [-0.2, 0) is 7.05 Å². The van der Waals surface area contributed by atoms with E-state index in [1.54, 1.807) is 18.8 Å². The molecule has 5 nitrogen and oxygen atoms in total. The highest BCUT2D eigenvalue weighted by Gasteiger charge is 2.11. The highest BCUT2D eigenvalue weighted by atomic mass is 127. The van der Waals surface area contributed by atoms with Crippen molar-refractivity contribution >= 4 is 34.4 Å². The van der Waals surface area contributed by atoms with Crippen molar-refractivity contribution in [2.75, 3.05) is 6.26 Å². The third-order valence-corrected chi connectivity index (χ3v) is 4.39. The van der Waals surface area contributed by atoms with Gasteiger partial charge < -0.3 is 0 Å². The lowest BCUT2D eigenvalue weighted by atomic mass is 10.3. The number of tetrazole rings is 1. The van der Waals surface area contributed by atoms with Gasteiger partial charge in [0.2, 0.25) is 0 Å². The van der Waals surface area contributed by atoms with Crippen LogP contribution in [0.1, 0.15) is 0 Å². The van der Waals surface area contributed by atoms with E-state index >= 15 is 0 Å². The highest BCUT2D eigenvalue weighted by Crippen LogP contribution is 2.26. The molecule has 0 radical (unpaired) electrons. The second kappa shape index (κ2) is 4.58. The highest BCUT2D eigenvalue weighted by molar-refractivity contribution is 14.1. The predicted octanol–water partition coefficient (Wildman–Crippen LogP) is 1.29. The number of halogens is 1. The van der Waals surface area contributed by atoms with E-state index in [1.165, 1.54) is 9.36 Å². The minimum absolute atomic E-state index is 0.240. The molecule has 16 heavy (non-hydrogen) atoms. The van der Waals surface area contributed by atoms with Gasteiger partial charge in [0.25, 0.3) is 0 Å². The van der Waals surface area contributed by atoms with Gasteiger partial charge in [-0.2, -0.15) is 9.36 Å². The molecule has 84 valence electrons. The summed E-state index contributed by atoms with van der Waals surface area (Å²) < 4.78 is 3.53. The molecule has 0 aliphatic carbocycles. The van der Waals surface area contributed by atoms with Crippen LogP contribution in [0.2, 0.25) is 0 Å². The molecule has 0 saturated carbocycles. The summed E-state index contributed by atoms with van der Waals surface area (Å²) in [4.78, 5) is 12.8. The molecule has 0 bridgehead atoms. The lowest BCUT2D eigenvalue weighted by molar-refractivity contribution is 0.692. The third kappa shape index (κ3) is 1.88. The average molecular weight is 348 g/mol. The maximum Gasteiger partial charge on any atom is 0.368 e. The molecule has 0 atom stereocenters. The molecule has 0 aliphatic heterocycles. The summed E-state index contributed by atoms with van der Waals surface area (Å²) in [5.74, 6) is 0. The Hall–Kier alpha value is -0.830. The van der Waals surface area contributed by atoms with E-state index in [0.29, 0.717) is 0 Å². The number of nitrogens with zero attached hydrogens (tertiary/aromatic N) is 4. The molecule has 1 aromatic carbocycles. The zero-order valence-corrected chi connectivity index (χ0v) is 11.7. The first kappa shape index (κ1) is 11.6. The van der Waals surface area contributed by atoms with Crippen molar-refractivity contribution in [3.05, 3.63) is 32.3 Å². The zero-order chi connectivity index (χ0) is 11.7. The summed E-state index contributed by atoms with van der Waals surface area (Å²) >= 11 is 3.85. The molecule has 1 aromatic heterocycles. The van der Waals surface area contributed by atoms with Crippen molar-refractivity contribution in [1.29, 1.82) is 0 Å². The molecule has 0 N–H and O–H groups in total. The molecule has 0 spiro atoms. The van der Waals surface area contributed by atoms with Gasteiger partial charge in [-0.05, 0) is 51.4 Å². The molecule has 2 aromatic rings. The number of aromatic nitrogens is 4. The minimum Gasteiger partial charge on any atom is -0.244 e. The molecular weight excluding hydrogens is 339 g/mol. The van der Waals surface area contributed by atoms with Crippen LogP contribution in [0, 0.1) is 3.57 Å². The lowest BCUT2D eigenvalue weighted by Crippen LogP contribution is -2.22. The molecule has 0 amide bonds. The van der Waals surface area contributed by atoms with Crippen LogP contribution >= 0.6 is 34.4 Å². The molecule has 1 heterocycles. The molecule has 0 aliphatic rings. The molecule has 0 saturated heterocycles. The number of benzene rings is 1. The maximum atomic E-state index is 11.7. The monoisotopic (exact) mass is 348 g/mol. The van der Waals surface area contributed by atoms with Gasteiger partial charge in [0.05, 0.1) is 9.26 Å². The van der Waals surface area contributed by atoms with E-state index in [4.69, 9.17) is 0 Å². The van der Waals surface area contributed by atoms with Gasteiger partial charge in [-0.15, -0.1) is 11.8 Å². The van der Waals surface area contributed by atoms with Crippen LogP contribution < -0.4 is 5.69 Å². The first-order chi connectivity index (χ1) is 7.65. The number of aryl methyl sites for hydroxylation is 1. The smallest absolute Gasteiger partial charge is 0.244 e. The van der Waals surface area contributed by atoms with Crippen molar-refractivity contribution in [3.63, 3.8) is 0 Å². The molecule has 0 fully saturated rings. The largest absolute Gasteiger partial charge is 0.368 e. The third-order valence-electron chi connectivity index (χ3n) is 2.11. The Morgan fingerprint density at radius 3 is 2.69 bits per heavy atom. The fourth-order valence-electron chi connectivity index (χ4n) is 1.29. The van der Waals surface area contributed by atoms with E-state index in [1.807, 2.05) is 24.5 Å². The maximum absolute atomic E-state index is 11.7. The number of rotatable bonds is 2. The summed E-state index contributed by atoms with van der Waals surface area (Å²) in [6, 6.07) is 5.78. The van der Waals surface area contributed by atoms with E-state index in [2.05, 4.69) is 33.0 Å².